The Morgan fingerprint density at radius 1 is 1.17 bits per heavy atom. The lowest BCUT2D eigenvalue weighted by atomic mass is 10.1. The van der Waals surface area contributed by atoms with Crippen LogP contribution in [0.3, 0.4) is 0 Å². The van der Waals surface area contributed by atoms with Gasteiger partial charge < -0.3 is 5.11 Å². The van der Waals surface area contributed by atoms with Gasteiger partial charge in [0, 0.05) is 17.0 Å². The molecule has 1 heterocycles. The lowest BCUT2D eigenvalue weighted by molar-refractivity contribution is 0.145. The minimum absolute atomic E-state index is 0.0779. The molecule has 1 atom stereocenters. The molecular weight excluding hydrogens is 302 g/mol. The van der Waals surface area contributed by atoms with Crippen LogP contribution in [-0.2, 0) is 6.54 Å². The first-order valence-corrected chi connectivity index (χ1v) is 7.07. The Bertz CT molecular complexity index is 938. The SMILES string of the molecule is Cc1nn(C[C@@H](O)c2ccc(F)cc2F)c(=O)c2ccccc12. The summed E-state index contributed by atoms with van der Waals surface area (Å²) in [6, 6.07) is 9.93. The number of benzene rings is 2. The van der Waals surface area contributed by atoms with E-state index in [2.05, 4.69) is 5.10 Å². The smallest absolute Gasteiger partial charge is 0.274 e. The van der Waals surface area contributed by atoms with Crippen LogP contribution in [0.1, 0.15) is 17.4 Å². The lowest BCUT2D eigenvalue weighted by Gasteiger charge is -2.14. The Kier molecular flexibility index (Phi) is 3.92. The lowest BCUT2D eigenvalue weighted by Crippen LogP contribution is -2.27. The quantitative estimate of drug-likeness (QED) is 0.808. The van der Waals surface area contributed by atoms with Gasteiger partial charge in [-0.3, -0.25) is 4.79 Å². The zero-order chi connectivity index (χ0) is 16.6. The highest BCUT2D eigenvalue weighted by Gasteiger charge is 2.16. The van der Waals surface area contributed by atoms with Crippen LogP contribution >= 0.6 is 0 Å². The number of halogens is 2. The summed E-state index contributed by atoms with van der Waals surface area (Å²) in [5.74, 6) is -1.58. The summed E-state index contributed by atoms with van der Waals surface area (Å²) in [4.78, 5) is 12.4. The van der Waals surface area contributed by atoms with Crippen molar-refractivity contribution in [3.63, 3.8) is 0 Å². The zero-order valence-corrected chi connectivity index (χ0v) is 12.3. The fourth-order valence-corrected chi connectivity index (χ4v) is 2.56. The van der Waals surface area contributed by atoms with Gasteiger partial charge in [0.2, 0.25) is 0 Å². The third-order valence-electron chi connectivity index (χ3n) is 3.72. The molecule has 118 valence electrons. The largest absolute Gasteiger partial charge is 0.386 e. The normalized spacial score (nSPS) is 12.5. The second-order valence-corrected chi connectivity index (χ2v) is 5.30. The van der Waals surface area contributed by atoms with Gasteiger partial charge in [0.15, 0.2) is 0 Å². The maximum Gasteiger partial charge on any atom is 0.274 e. The summed E-state index contributed by atoms with van der Waals surface area (Å²) < 4.78 is 27.8. The van der Waals surface area contributed by atoms with Gasteiger partial charge in [-0.05, 0) is 19.1 Å². The maximum absolute atomic E-state index is 13.7. The molecule has 0 saturated heterocycles. The molecule has 0 aliphatic rings. The molecule has 0 fully saturated rings. The van der Waals surface area contributed by atoms with Gasteiger partial charge in [0.05, 0.1) is 17.6 Å². The number of hydrogen-bond acceptors (Lipinski definition) is 3. The molecule has 1 N–H and O–H groups in total. The molecule has 2 aromatic carbocycles. The first kappa shape index (κ1) is 15.3. The molecule has 0 saturated carbocycles. The number of rotatable bonds is 3. The van der Waals surface area contributed by atoms with E-state index in [0.717, 1.165) is 22.2 Å². The van der Waals surface area contributed by atoms with Crippen molar-refractivity contribution >= 4 is 10.8 Å². The second kappa shape index (κ2) is 5.89. The van der Waals surface area contributed by atoms with Crippen molar-refractivity contribution in [1.29, 1.82) is 0 Å². The molecular formula is C17H14F2N2O2. The van der Waals surface area contributed by atoms with Crippen LogP contribution < -0.4 is 5.56 Å². The van der Waals surface area contributed by atoms with Gasteiger partial charge in [-0.1, -0.05) is 24.3 Å². The highest BCUT2D eigenvalue weighted by atomic mass is 19.1. The van der Waals surface area contributed by atoms with Crippen molar-refractivity contribution < 1.29 is 13.9 Å². The predicted molar refractivity (Wildman–Crippen MR) is 82.1 cm³/mol. The molecule has 0 aliphatic heterocycles. The van der Waals surface area contributed by atoms with E-state index >= 15 is 0 Å². The fraction of sp³-hybridized carbons (Fsp3) is 0.176. The number of aliphatic hydroxyl groups is 1. The summed E-state index contributed by atoms with van der Waals surface area (Å²) >= 11 is 0. The summed E-state index contributed by atoms with van der Waals surface area (Å²) in [5.41, 5.74) is 0.186. The van der Waals surface area contributed by atoms with E-state index in [0.29, 0.717) is 17.1 Å². The summed E-state index contributed by atoms with van der Waals surface area (Å²) in [7, 11) is 0. The first-order chi connectivity index (χ1) is 11.0. The van der Waals surface area contributed by atoms with Gasteiger partial charge in [-0.25, -0.2) is 13.5 Å². The minimum Gasteiger partial charge on any atom is -0.386 e. The van der Waals surface area contributed by atoms with Crippen LogP contribution in [0.25, 0.3) is 10.8 Å². The van der Waals surface area contributed by atoms with Crippen LogP contribution in [0.2, 0.25) is 0 Å². The third kappa shape index (κ3) is 2.85. The Labute approximate surface area is 130 Å². The van der Waals surface area contributed by atoms with Crippen molar-refractivity contribution in [2.45, 2.75) is 19.6 Å². The molecule has 0 radical (unpaired) electrons. The molecule has 3 aromatic rings. The monoisotopic (exact) mass is 316 g/mol. The standard InChI is InChI=1S/C17H14F2N2O2/c1-10-12-4-2-3-5-13(12)17(23)21(20-10)9-16(22)14-7-6-11(18)8-15(14)19/h2-8,16,22H,9H2,1H3/t16-/m1/s1. The van der Waals surface area contributed by atoms with Crippen molar-refractivity contribution in [1.82, 2.24) is 9.78 Å². The van der Waals surface area contributed by atoms with Crippen LogP contribution in [0, 0.1) is 18.6 Å². The molecule has 23 heavy (non-hydrogen) atoms. The van der Waals surface area contributed by atoms with E-state index in [-0.39, 0.29) is 17.7 Å². The number of nitrogens with zero attached hydrogens (tertiary/aromatic N) is 2. The molecule has 0 bridgehead atoms. The predicted octanol–water partition coefficient (Wildman–Crippen LogP) is 2.72. The first-order valence-electron chi connectivity index (χ1n) is 7.07. The summed E-state index contributed by atoms with van der Waals surface area (Å²) in [6.07, 6.45) is -1.30. The van der Waals surface area contributed by atoms with Crippen molar-refractivity contribution in [2.75, 3.05) is 0 Å². The molecule has 0 unspecified atom stereocenters. The van der Waals surface area contributed by atoms with Gasteiger partial charge >= 0.3 is 0 Å². The number of aryl methyl sites for hydroxylation is 1. The minimum atomic E-state index is -1.30. The number of hydrogen-bond donors (Lipinski definition) is 1. The van der Waals surface area contributed by atoms with Crippen LogP contribution in [-0.4, -0.2) is 14.9 Å². The molecule has 0 amide bonds. The molecule has 0 aliphatic carbocycles. The molecule has 4 nitrogen and oxygen atoms in total. The Morgan fingerprint density at radius 2 is 1.87 bits per heavy atom. The Hall–Kier alpha value is -2.60. The van der Waals surface area contributed by atoms with E-state index in [1.165, 1.54) is 0 Å². The van der Waals surface area contributed by atoms with E-state index < -0.39 is 17.7 Å². The average Bonchev–Trinajstić information content (AvgIpc) is 2.52. The summed E-state index contributed by atoms with van der Waals surface area (Å²) in [5, 5.41) is 15.5. The Morgan fingerprint density at radius 3 is 2.57 bits per heavy atom. The van der Waals surface area contributed by atoms with Crippen molar-refractivity contribution in [3.05, 3.63) is 75.7 Å². The van der Waals surface area contributed by atoms with Gasteiger partial charge in [-0.2, -0.15) is 5.10 Å². The van der Waals surface area contributed by atoms with Crippen molar-refractivity contribution in [2.24, 2.45) is 0 Å². The van der Waals surface area contributed by atoms with E-state index in [4.69, 9.17) is 0 Å². The third-order valence-corrected chi connectivity index (χ3v) is 3.72. The van der Waals surface area contributed by atoms with Crippen molar-refractivity contribution in [3.8, 4) is 0 Å². The van der Waals surface area contributed by atoms with E-state index in [1.807, 2.05) is 6.07 Å². The summed E-state index contributed by atoms with van der Waals surface area (Å²) in [6.45, 7) is 1.54. The molecule has 6 heteroatoms. The zero-order valence-electron chi connectivity index (χ0n) is 12.3. The second-order valence-electron chi connectivity index (χ2n) is 5.30. The number of aromatic nitrogens is 2. The molecule has 0 spiro atoms. The number of fused-ring (bicyclic) bond motifs is 1. The average molecular weight is 316 g/mol. The van der Waals surface area contributed by atoms with Crippen LogP contribution in [0.15, 0.2) is 47.3 Å². The van der Waals surface area contributed by atoms with E-state index in [1.54, 1.807) is 25.1 Å². The van der Waals surface area contributed by atoms with Crippen LogP contribution in [0.4, 0.5) is 8.78 Å². The van der Waals surface area contributed by atoms with E-state index in [9.17, 15) is 18.7 Å². The highest BCUT2D eigenvalue weighted by Crippen LogP contribution is 2.20. The molecule has 1 aromatic heterocycles. The van der Waals surface area contributed by atoms with Crippen LogP contribution in [0.5, 0.6) is 0 Å². The van der Waals surface area contributed by atoms with Gasteiger partial charge in [0.1, 0.15) is 17.7 Å². The van der Waals surface area contributed by atoms with Gasteiger partial charge in [-0.15, -0.1) is 0 Å². The maximum atomic E-state index is 13.7. The molecule has 3 rings (SSSR count). The fourth-order valence-electron chi connectivity index (χ4n) is 2.56. The van der Waals surface area contributed by atoms with Gasteiger partial charge in [0.25, 0.3) is 5.56 Å². The topological polar surface area (TPSA) is 55.1 Å². The number of aliphatic hydroxyl groups excluding tert-OH is 1. The highest BCUT2D eigenvalue weighted by molar-refractivity contribution is 5.83. The Balaban J connectivity index is 2.01.